The maximum absolute atomic E-state index is 12.6. The molecule has 3 aliphatic heterocycles. The van der Waals surface area contributed by atoms with Gasteiger partial charge in [0.2, 0.25) is 0 Å². The van der Waals surface area contributed by atoms with Gasteiger partial charge in [0.15, 0.2) is 0 Å². The van der Waals surface area contributed by atoms with Gasteiger partial charge in [-0.15, -0.1) is 0 Å². The Bertz CT molecular complexity index is 872. The number of para-hydroxylation sites is 2. The van der Waals surface area contributed by atoms with Gasteiger partial charge in [0, 0.05) is 24.5 Å². The second-order valence-electron chi connectivity index (χ2n) is 6.54. The van der Waals surface area contributed by atoms with Gasteiger partial charge in [0.25, 0.3) is 11.8 Å². The molecule has 0 atom stereocenters. The summed E-state index contributed by atoms with van der Waals surface area (Å²) in [5.74, 6) is -0.609. The number of fused-ring (bicyclic) bond motifs is 2. The average molecular weight is 331 g/mol. The molecule has 0 spiro atoms. The van der Waals surface area contributed by atoms with E-state index in [-0.39, 0.29) is 11.8 Å². The van der Waals surface area contributed by atoms with Crippen molar-refractivity contribution >= 4 is 23.2 Å². The first-order valence-corrected chi connectivity index (χ1v) is 8.55. The number of nitrogens with zero attached hydrogens (tertiary/aromatic N) is 2. The van der Waals surface area contributed by atoms with Gasteiger partial charge < -0.3 is 9.80 Å². The van der Waals surface area contributed by atoms with Crippen LogP contribution in [0.1, 0.15) is 11.1 Å². The smallest absolute Gasteiger partial charge is 0.277 e. The van der Waals surface area contributed by atoms with E-state index in [4.69, 9.17) is 0 Å². The normalized spacial score (nSPS) is 18.7. The van der Waals surface area contributed by atoms with E-state index >= 15 is 0 Å². The Morgan fingerprint density at radius 1 is 0.680 bits per heavy atom. The molecule has 0 unspecified atom stereocenters. The van der Waals surface area contributed by atoms with Crippen LogP contribution in [-0.4, -0.2) is 24.9 Å². The maximum atomic E-state index is 12.6. The topological polar surface area (TPSA) is 52.7 Å². The summed E-state index contributed by atoms with van der Waals surface area (Å²) in [7, 11) is 0. The highest BCUT2D eigenvalue weighted by Gasteiger charge is 2.41. The number of carbonyl (C=O) groups is 2. The van der Waals surface area contributed by atoms with Crippen molar-refractivity contribution in [1.29, 1.82) is 0 Å². The van der Waals surface area contributed by atoms with Gasteiger partial charge in [-0.05, 0) is 36.1 Å². The van der Waals surface area contributed by atoms with Crippen LogP contribution in [0.15, 0.2) is 59.9 Å². The Hall–Kier alpha value is -3.08. The van der Waals surface area contributed by atoms with Crippen LogP contribution in [0.3, 0.4) is 0 Å². The molecule has 5 nitrogen and oxygen atoms in total. The molecule has 5 rings (SSSR count). The summed E-state index contributed by atoms with van der Waals surface area (Å²) in [5.41, 5.74) is 5.42. The Morgan fingerprint density at radius 2 is 1.12 bits per heavy atom. The van der Waals surface area contributed by atoms with Gasteiger partial charge >= 0.3 is 0 Å². The molecular formula is C20H17N3O2. The summed E-state index contributed by atoms with van der Waals surface area (Å²) in [4.78, 5) is 29.2. The number of hydrogen-bond donors (Lipinski definition) is 1. The predicted molar refractivity (Wildman–Crippen MR) is 95.2 cm³/mol. The van der Waals surface area contributed by atoms with E-state index in [1.54, 1.807) is 0 Å². The SMILES string of the molecule is O=C1NC(=O)C(N2CCc3ccccc32)=C1N1CCc2ccccc21. The number of nitrogens with one attached hydrogen (secondary N) is 1. The molecule has 0 saturated heterocycles. The van der Waals surface area contributed by atoms with Crippen molar-refractivity contribution in [3.8, 4) is 0 Å². The van der Waals surface area contributed by atoms with Crippen LogP contribution < -0.4 is 15.1 Å². The first kappa shape index (κ1) is 14.3. The number of hydrogen-bond acceptors (Lipinski definition) is 4. The highest BCUT2D eigenvalue weighted by atomic mass is 16.2. The first-order chi connectivity index (χ1) is 12.2. The minimum absolute atomic E-state index is 0.305. The molecule has 3 aliphatic rings. The van der Waals surface area contributed by atoms with Gasteiger partial charge in [0.05, 0.1) is 0 Å². The number of imide groups is 1. The Morgan fingerprint density at radius 3 is 1.60 bits per heavy atom. The molecule has 2 aromatic carbocycles. The van der Waals surface area contributed by atoms with Crippen LogP contribution in [0.4, 0.5) is 11.4 Å². The molecule has 25 heavy (non-hydrogen) atoms. The fraction of sp³-hybridized carbons (Fsp3) is 0.200. The highest BCUT2D eigenvalue weighted by Crippen LogP contribution is 2.37. The molecular weight excluding hydrogens is 314 g/mol. The molecule has 3 heterocycles. The van der Waals surface area contributed by atoms with Crippen LogP contribution in [0.5, 0.6) is 0 Å². The molecule has 2 amide bonds. The van der Waals surface area contributed by atoms with Crippen molar-refractivity contribution in [3.05, 3.63) is 71.1 Å². The van der Waals surface area contributed by atoms with Crippen LogP contribution in [0, 0.1) is 0 Å². The van der Waals surface area contributed by atoms with E-state index in [2.05, 4.69) is 17.4 Å². The summed E-state index contributed by atoms with van der Waals surface area (Å²) in [6, 6.07) is 16.1. The second-order valence-corrected chi connectivity index (χ2v) is 6.54. The number of carbonyl (C=O) groups excluding carboxylic acids is 2. The van der Waals surface area contributed by atoms with Gasteiger partial charge in [-0.3, -0.25) is 14.9 Å². The second kappa shape index (κ2) is 5.21. The van der Waals surface area contributed by atoms with Crippen molar-refractivity contribution in [2.75, 3.05) is 22.9 Å². The summed E-state index contributed by atoms with van der Waals surface area (Å²) in [6.45, 7) is 1.43. The van der Waals surface area contributed by atoms with Crippen molar-refractivity contribution < 1.29 is 9.59 Å². The molecule has 0 fully saturated rings. The number of anilines is 2. The fourth-order valence-electron chi connectivity index (χ4n) is 4.08. The Balaban J connectivity index is 1.66. The third kappa shape index (κ3) is 2.02. The van der Waals surface area contributed by atoms with Crippen LogP contribution in [0.25, 0.3) is 0 Å². The quantitative estimate of drug-likeness (QED) is 0.855. The summed E-state index contributed by atoms with van der Waals surface area (Å²) >= 11 is 0. The van der Waals surface area contributed by atoms with E-state index in [0.717, 1.165) is 24.2 Å². The molecule has 1 N–H and O–H groups in total. The van der Waals surface area contributed by atoms with Crippen molar-refractivity contribution in [3.63, 3.8) is 0 Å². The van der Waals surface area contributed by atoms with Crippen LogP contribution in [0.2, 0.25) is 0 Å². The van der Waals surface area contributed by atoms with Gasteiger partial charge in [-0.1, -0.05) is 36.4 Å². The van der Waals surface area contributed by atoms with Crippen molar-refractivity contribution in [2.45, 2.75) is 12.8 Å². The van der Waals surface area contributed by atoms with Crippen LogP contribution >= 0.6 is 0 Å². The Kier molecular flexibility index (Phi) is 2.98. The summed E-state index contributed by atoms with van der Waals surface area (Å²) < 4.78 is 0. The minimum Gasteiger partial charge on any atom is -0.335 e. The zero-order valence-corrected chi connectivity index (χ0v) is 13.7. The third-order valence-electron chi connectivity index (χ3n) is 5.20. The average Bonchev–Trinajstić information content (AvgIpc) is 3.30. The number of rotatable bonds is 2. The van der Waals surface area contributed by atoms with Crippen molar-refractivity contribution in [2.24, 2.45) is 0 Å². The lowest BCUT2D eigenvalue weighted by Crippen LogP contribution is -2.30. The minimum atomic E-state index is -0.305. The van der Waals surface area contributed by atoms with Gasteiger partial charge in [0.1, 0.15) is 11.4 Å². The molecule has 0 aliphatic carbocycles. The standard InChI is InChI=1S/C20H17N3O2/c24-19-17(22-11-9-13-5-1-3-7-15(13)22)18(20(25)21-19)23-12-10-14-6-2-4-8-16(14)23/h1-8H,9-12H2,(H,21,24,25). The monoisotopic (exact) mass is 331 g/mol. The molecule has 5 heteroatoms. The lowest BCUT2D eigenvalue weighted by atomic mass is 10.1. The molecule has 0 aromatic heterocycles. The van der Waals surface area contributed by atoms with Crippen molar-refractivity contribution in [1.82, 2.24) is 5.32 Å². The zero-order chi connectivity index (χ0) is 17.0. The van der Waals surface area contributed by atoms with Gasteiger partial charge in [-0.2, -0.15) is 0 Å². The highest BCUT2D eigenvalue weighted by molar-refractivity contribution is 6.22. The molecule has 0 saturated carbocycles. The lowest BCUT2D eigenvalue weighted by molar-refractivity contribution is -0.124. The van der Waals surface area contributed by atoms with E-state index < -0.39 is 0 Å². The largest absolute Gasteiger partial charge is 0.335 e. The van der Waals surface area contributed by atoms with E-state index in [1.165, 1.54) is 11.1 Å². The number of amides is 2. The van der Waals surface area contributed by atoms with E-state index in [1.807, 2.05) is 46.2 Å². The van der Waals surface area contributed by atoms with E-state index in [0.29, 0.717) is 24.5 Å². The summed E-state index contributed by atoms with van der Waals surface area (Å²) in [5, 5.41) is 2.50. The predicted octanol–water partition coefficient (Wildman–Crippen LogP) is 1.98. The molecule has 0 radical (unpaired) electrons. The first-order valence-electron chi connectivity index (χ1n) is 8.55. The maximum Gasteiger partial charge on any atom is 0.277 e. The summed E-state index contributed by atoms with van der Waals surface area (Å²) in [6.07, 6.45) is 1.76. The van der Waals surface area contributed by atoms with Gasteiger partial charge in [-0.25, -0.2) is 0 Å². The molecule has 124 valence electrons. The molecule has 0 bridgehead atoms. The Labute approximate surface area is 145 Å². The van der Waals surface area contributed by atoms with Crippen LogP contribution in [-0.2, 0) is 22.4 Å². The lowest BCUT2D eigenvalue weighted by Gasteiger charge is -2.25. The molecule has 2 aromatic rings. The zero-order valence-electron chi connectivity index (χ0n) is 13.7. The van der Waals surface area contributed by atoms with E-state index in [9.17, 15) is 9.59 Å². The number of benzene rings is 2. The fourth-order valence-corrected chi connectivity index (χ4v) is 4.08. The third-order valence-corrected chi connectivity index (χ3v) is 5.20.